The van der Waals surface area contributed by atoms with Crippen LogP contribution in [0.3, 0.4) is 0 Å². The number of aryl methyl sites for hydroxylation is 2. The van der Waals surface area contributed by atoms with E-state index in [-0.39, 0.29) is 10.6 Å². The van der Waals surface area contributed by atoms with Crippen LogP contribution < -0.4 is 14.0 Å². The first kappa shape index (κ1) is 20.7. The summed E-state index contributed by atoms with van der Waals surface area (Å²) in [5.74, 6) is 2.03. The minimum atomic E-state index is -0.364. The highest BCUT2D eigenvalue weighted by Gasteiger charge is 2.29. The predicted octanol–water partition coefficient (Wildman–Crippen LogP) is 4.42. The summed E-state index contributed by atoms with van der Waals surface area (Å²) in [6.07, 6.45) is 3.98. The van der Waals surface area contributed by atoms with Gasteiger partial charge in [-0.3, -0.25) is 10.1 Å². The molecule has 3 heterocycles. The molecule has 0 atom stereocenters. The van der Waals surface area contributed by atoms with E-state index in [0.717, 1.165) is 54.2 Å². The number of rotatable bonds is 5. The van der Waals surface area contributed by atoms with Crippen molar-refractivity contribution in [1.82, 2.24) is 4.57 Å². The highest BCUT2D eigenvalue weighted by molar-refractivity contribution is 5.74. The van der Waals surface area contributed by atoms with Crippen LogP contribution in [0.2, 0.25) is 0 Å². The van der Waals surface area contributed by atoms with Crippen LogP contribution >= 0.6 is 0 Å². The molecule has 34 heavy (non-hydrogen) atoms. The molecule has 1 aromatic heterocycles. The molecule has 0 saturated carbocycles. The average Bonchev–Trinajstić information content (AvgIpc) is 3.55. The van der Waals surface area contributed by atoms with Crippen LogP contribution in [0.15, 0.2) is 48.8 Å². The van der Waals surface area contributed by atoms with Gasteiger partial charge in [0.05, 0.1) is 18.1 Å². The molecule has 0 radical (unpaired) electrons. The molecule has 0 amide bonds. The van der Waals surface area contributed by atoms with Crippen LogP contribution in [0, 0.1) is 24.0 Å². The highest BCUT2D eigenvalue weighted by Crippen LogP contribution is 2.41. The quantitative estimate of drug-likeness (QED) is 0.253. The highest BCUT2D eigenvalue weighted by atomic mass is 16.6. The molecule has 0 bridgehead atoms. The lowest BCUT2D eigenvalue weighted by Crippen LogP contribution is -2.33. The van der Waals surface area contributed by atoms with E-state index in [4.69, 9.17) is 9.47 Å². The fourth-order valence-corrected chi connectivity index (χ4v) is 5.13. The fraction of sp³-hybridized carbons (Fsp3) is 0.296. The zero-order chi connectivity index (χ0) is 23.4. The van der Waals surface area contributed by atoms with Gasteiger partial charge in [-0.25, -0.2) is 9.13 Å². The number of hydrogen-bond acceptors (Lipinski definition) is 4. The van der Waals surface area contributed by atoms with Gasteiger partial charge >= 0.3 is 0 Å². The van der Waals surface area contributed by atoms with E-state index in [2.05, 4.69) is 47.5 Å². The van der Waals surface area contributed by atoms with E-state index in [1.54, 1.807) is 12.1 Å². The molecule has 0 N–H and O–H groups in total. The van der Waals surface area contributed by atoms with Gasteiger partial charge in [0, 0.05) is 41.7 Å². The van der Waals surface area contributed by atoms with Crippen LogP contribution in [-0.4, -0.2) is 22.7 Å². The maximum atomic E-state index is 11.0. The molecule has 2 aliphatic rings. The molecule has 6 rings (SSSR count). The summed E-state index contributed by atoms with van der Waals surface area (Å²) >= 11 is 0. The number of aromatic nitrogens is 2. The number of benzene rings is 3. The van der Waals surface area contributed by atoms with Gasteiger partial charge < -0.3 is 9.47 Å². The summed E-state index contributed by atoms with van der Waals surface area (Å²) in [7, 11) is 0. The summed E-state index contributed by atoms with van der Waals surface area (Å²) in [5, 5.41) is 11.0. The van der Waals surface area contributed by atoms with Gasteiger partial charge in [0.25, 0.3) is 5.69 Å². The Morgan fingerprint density at radius 3 is 2.59 bits per heavy atom. The van der Waals surface area contributed by atoms with Crippen molar-refractivity contribution >= 4 is 16.7 Å². The molecule has 0 unspecified atom stereocenters. The number of hydrogen-bond donors (Lipinski definition) is 0. The molecule has 0 aliphatic carbocycles. The van der Waals surface area contributed by atoms with Crippen LogP contribution in [-0.2, 0) is 25.9 Å². The van der Waals surface area contributed by atoms with E-state index < -0.39 is 0 Å². The van der Waals surface area contributed by atoms with E-state index in [1.807, 2.05) is 12.1 Å². The molecule has 0 spiro atoms. The Bertz CT molecular complexity index is 1420. The van der Waals surface area contributed by atoms with Gasteiger partial charge in [0.1, 0.15) is 24.6 Å². The van der Waals surface area contributed by atoms with Crippen molar-refractivity contribution in [3.8, 4) is 11.5 Å². The van der Waals surface area contributed by atoms with Crippen molar-refractivity contribution in [2.45, 2.75) is 39.8 Å². The number of non-ortho nitro benzene ring substituents is 1. The van der Waals surface area contributed by atoms with Crippen molar-refractivity contribution in [3.63, 3.8) is 0 Å². The Kier molecular flexibility index (Phi) is 4.79. The minimum Gasteiger partial charge on any atom is -0.493 e. The summed E-state index contributed by atoms with van der Waals surface area (Å²) in [4.78, 5) is 10.7. The first-order chi connectivity index (χ1) is 16.5. The van der Waals surface area contributed by atoms with Crippen LogP contribution in [0.1, 0.15) is 33.4 Å². The molecule has 7 heteroatoms. The number of fused-ring (bicyclic) bond motifs is 3. The van der Waals surface area contributed by atoms with E-state index in [0.29, 0.717) is 13.1 Å². The smallest absolute Gasteiger partial charge is 0.269 e. The van der Waals surface area contributed by atoms with Crippen molar-refractivity contribution in [3.05, 3.63) is 92.3 Å². The normalized spacial score (nSPS) is 14.1. The van der Waals surface area contributed by atoms with Crippen LogP contribution in [0.25, 0.3) is 11.0 Å². The number of nitro benzene ring substituents is 1. The summed E-state index contributed by atoms with van der Waals surface area (Å²) in [6, 6.07) is 13.4. The Balaban J connectivity index is 1.44. The van der Waals surface area contributed by atoms with E-state index >= 15 is 0 Å². The minimum absolute atomic E-state index is 0.108. The second kappa shape index (κ2) is 7.87. The lowest BCUT2D eigenvalue weighted by molar-refractivity contribution is -0.663. The zero-order valence-electron chi connectivity index (χ0n) is 19.3. The Morgan fingerprint density at radius 2 is 1.79 bits per heavy atom. The molecular weight excluding hydrogens is 430 g/mol. The predicted molar refractivity (Wildman–Crippen MR) is 128 cm³/mol. The van der Waals surface area contributed by atoms with Gasteiger partial charge in [-0.2, -0.15) is 0 Å². The Morgan fingerprint density at radius 1 is 1.03 bits per heavy atom. The Hall–Kier alpha value is -3.87. The molecule has 7 nitrogen and oxygen atoms in total. The third kappa shape index (κ3) is 3.39. The third-order valence-corrected chi connectivity index (χ3v) is 7.08. The van der Waals surface area contributed by atoms with E-state index in [9.17, 15) is 10.1 Å². The van der Waals surface area contributed by atoms with Gasteiger partial charge in [0.15, 0.2) is 11.0 Å². The SMILES string of the molecule is Cc1cc2c(cc1C)[n+](Cc1ccc([N+](=O)[O-])cc1)cn2Cc1c2c(cc3c1OCC3)OCC2. The second-order valence-electron chi connectivity index (χ2n) is 9.24. The molecule has 3 aromatic carbocycles. The standard InChI is InChI=1S/C27H26N3O4/c1-17-11-24-25(12-18(17)2)29(16-28(24)14-19-3-5-21(6-4-19)30(31)32)15-23-22-8-10-33-26(22)13-20-7-9-34-27(20)23/h3-6,11-13,16H,7-10,14-15H2,1-2H3/q+1. The zero-order valence-corrected chi connectivity index (χ0v) is 19.3. The number of ether oxygens (including phenoxy) is 2. The van der Waals surface area contributed by atoms with Gasteiger partial charge in [-0.05, 0) is 60.9 Å². The van der Waals surface area contributed by atoms with Crippen LogP contribution in [0.4, 0.5) is 5.69 Å². The maximum absolute atomic E-state index is 11.0. The third-order valence-electron chi connectivity index (χ3n) is 7.08. The molecule has 4 aromatic rings. The summed E-state index contributed by atoms with van der Waals surface area (Å²) < 4.78 is 16.5. The maximum Gasteiger partial charge on any atom is 0.269 e. The van der Waals surface area contributed by atoms with Crippen LogP contribution in [0.5, 0.6) is 11.5 Å². The molecule has 0 saturated heterocycles. The number of nitro groups is 1. The van der Waals surface area contributed by atoms with Crippen molar-refractivity contribution in [2.75, 3.05) is 13.2 Å². The first-order valence-corrected chi connectivity index (χ1v) is 11.6. The van der Waals surface area contributed by atoms with Crippen molar-refractivity contribution in [1.29, 1.82) is 0 Å². The lowest BCUT2D eigenvalue weighted by atomic mass is 9.99. The second-order valence-corrected chi connectivity index (χ2v) is 9.24. The molecule has 172 valence electrons. The largest absolute Gasteiger partial charge is 0.493 e. The number of nitrogens with zero attached hydrogens (tertiary/aromatic N) is 3. The molecule has 2 aliphatic heterocycles. The van der Waals surface area contributed by atoms with Crippen molar-refractivity contribution in [2.24, 2.45) is 0 Å². The first-order valence-electron chi connectivity index (χ1n) is 11.6. The monoisotopic (exact) mass is 456 g/mol. The van der Waals surface area contributed by atoms with Gasteiger partial charge in [-0.15, -0.1) is 0 Å². The summed E-state index contributed by atoms with van der Waals surface area (Å²) in [5.41, 5.74) is 9.63. The fourth-order valence-electron chi connectivity index (χ4n) is 5.13. The average molecular weight is 457 g/mol. The topological polar surface area (TPSA) is 70.4 Å². The molecular formula is C27H26N3O4+. The van der Waals surface area contributed by atoms with Crippen molar-refractivity contribution < 1.29 is 19.0 Å². The summed E-state index contributed by atoms with van der Waals surface area (Å²) in [6.45, 7) is 7.05. The number of imidazole rings is 1. The van der Waals surface area contributed by atoms with Gasteiger partial charge in [-0.1, -0.05) is 0 Å². The lowest BCUT2D eigenvalue weighted by Gasteiger charge is -2.11. The Labute approximate surface area is 197 Å². The molecule has 0 fully saturated rings. The van der Waals surface area contributed by atoms with E-state index in [1.165, 1.54) is 27.8 Å². The van der Waals surface area contributed by atoms with Gasteiger partial charge in [0.2, 0.25) is 6.33 Å².